The summed E-state index contributed by atoms with van der Waals surface area (Å²) in [6.07, 6.45) is 0.892. The van der Waals surface area contributed by atoms with Gasteiger partial charge in [-0.3, -0.25) is 9.69 Å². The zero-order valence-corrected chi connectivity index (χ0v) is 20.2. The number of carbonyl (C=O) groups is 1. The van der Waals surface area contributed by atoms with Crippen molar-refractivity contribution >= 4 is 21.8 Å². The van der Waals surface area contributed by atoms with Gasteiger partial charge in [-0.25, -0.2) is 0 Å². The van der Waals surface area contributed by atoms with Crippen LogP contribution in [0.3, 0.4) is 0 Å². The Hall–Kier alpha value is -2.09. The molecule has 2 aromatic carbocycles. The molecule has 0 spiro atoms. The van der Waals surface area contributed by atoms with E-state index in [2.05, 4.69) is 50.2 Å². The minimum absolute atomic E-state index is 0.0992. The highest BCUT2D eigenvalue weighted by molar-refractivity contribution is 9.10. The van der Waals surface area contributed by atoms with Gasteiger partial charge in [-0.1, -0.05) is 37.3 Å². The van der Waals surface area contributed by atoms with Gasteiger partial charge in [-0.2, -0.15) is 0 Å². The van der Waals surface area contributed by atoms with Gasteiger partial charge in [0.05, 0.1) is 24.2 Å². The SMILES string of the molecule is CCCOc1c(Br)cc(C(=O)NC(CN2CCN(C)CC2)c2ccccc2)cc1OC. The minimum Gasteiger partial charge on any atom is -0.493 e. The topological polar surface area (TPSA) is 54.0 Å². The number of nitrogens with zero attached hydrogens (tertiary/aromatic N) is 2. The average Bonchev–Trinajstić information content (AvgIpc) is 2.79. The molecule has 1 aliphatic rings. The molecule has 1 amide bonds. The fraction of sp³-hybridized carbons (Fsp3) is 0.458. The summed E-state index contributed by atoms with van der Waals surface area (Å²) in [7, 11) is 3.73. The van der Waals surface area contributed by atoms with Crippen molar-refractivity contribution in [2.45, 2.75) is 19.4 Å². The van der Waals surface area contributed by atoms with Crippen molar-refractivity contribution in [3.05, 3.63) is 58.1 Å². The number of likely N-dealkylation sites (N-methyl/N-ethyl adjacent to an activating group) is 1. The smallest absolute Gasteiger partial charge is 0.251 e. The second-order valence-electron chi connectivity index (χ2n) is 7.88. The molecule has 31 heavy (non-hydrogen) atoms. The van der Waals surface area contributed by atoms with E-state index in [0.29, 0.717) is 28.1 Å². The summed E-state index contributed by atoms with van der Waals surface area (Å²) in [4.78, 5) is 18.0. The van der Waals surface area contributed by atoms with E-state index in [4.69, 9.17) is 9.47 Å². The fourth-order valence-electron chi connectivity index (χ4n) is 3.65. The molecular formula is C24H32BrN3O3. The molecule has 7 heteroatoms. The van der Waals surface area contributed by atoms with Crippen LogP contribution in [0.1, 0.15) is 35.3 Å². The third-order valence-corrected chi connectivity index (χ3v) is 6.08. The first-order chi connectivity index (χ1) is 15.0. The molecule has 3 rings (SSSR count). The second kappa shape index (κ2) is 11.5. The largest absolute Gasteiger partial charge is 0.493 e. The van der Waals surface area contributed by atoms with E-state index in [1.165, 1.54) is 0 Å². The molecule has 0 aromatic heterocycles. The predicted octanol–water partition coefficient (Wildman–Crippen LogP) is 3.97. The van der Waals surface area contributed by atoms with Crippen LogP contribution in [0.2, 0.25) is 0 Å². The highest BCUT2D eigenvalue weighted by Crippen LogP contribution is 2.37. The number of hydrogen-bond acceptors (Lipinski definition) is 5. The fourth-order valence-corrected chi connectivity index (χ4v) is 4.20. The van der Waals surface area contributed by atoms with Crippen molar-refractivity contribution in [1.29, 1.82) is 0 Å². The number of rotatable bonds is 9. The standard InChI is InChI=1S/C24H32BrN3O3/c1-4-14-31-23-20(25)15-19(16-22(23)30-3)24(29)26-21(18-8-6-5-7-9-18)17-28-12-10-27(2)11-13-28/h5-9,15-16,21H,4,10-14,17H2,1-3H3,(H,26,29). The molecule has 168 valence electrons. The molecule has 1 saturated heterocycles. The number of benzene rings is 2. The zero-order chi connectivity index (χ0) is 22.2. The number of ether oxygens (including phenoxy) is 2. The van der Waals surface area contributed by atoms with Gasteiger partial charge in [-0.15, -0.1) is 0 Å². The van der Waals surface area contributed by atoms with Gasteiger partial charge in [0, 0.05) is 38.3 Å². The maximum absolute atomic E-state index is 13.2. The summed E-state index contributed by atoms with van der Waals surface area (Å²) < 4.78 is 12.0. The Balaban J connectivity index is 1.79. The lowest BCUT2D eigenvalue weighted by molar-refractivity contribution is 0.0906. The monoisotopic (exact) mass is 489 g/mol. The van der Waals surface area contributed by atoms with Crippen molar-refractivity contribution < 1.29 is 14.3 Å². The van der Waals surface area contributed by atoms with E-state index in [-0.39, 0.29) is 11.9 Å². The van der Waals surface area contributed by atoms with Crippen LogP contribution in [-0.2, 0) is 0 Å². The van der Waals surface area contributed by atoms with Crippen molar-refractivity contribution in [3.8, 4) is 11.5 Å². The molecule has 2 aromatic rings. The second-order valence-corrected chi connectivity index (χ2v) is 8.73. The van der Waals surface area contributed by atoms with E-state index >= 15 is 0 Å². The predicted molar refractivity (Wildman–Crippen MR) is 127 cm³/mol. The van der Waals surface area contributed by atoms with Crippen LogP contribution < -0.4 is 14.8 Å². The maximum atomic E-state index is 13.2. The molecule has 1 unspecified atom stereocenters. The van der Waals surface area contributed by atoms with Crippen LogP contribution in [0.25, 0.3) is 0 Å². The number of carbonyl (C=O) groups excluding carboxylic acids is 1. The van der Waals surface area contributed by atoms with E-state index in [9.17, 15) is 4.79 Å². The van der Waals surface area contributed by atoms with Crippen LogP contribution in [0.15, 0.2) is 46.9 Å². The summed E-state index contributed by atoms with van der Waals surface area (Å²) in [5.41, 5.74) is 1.63. The molecular weight excluding hydrogens is 458 g/mol. The Kier molecular flexibility index (Phi) is 8.75. The summed E-state index contributed by atoms with van der Waals surface area (Å²) in [6.45, 7) is 7.49. The normalized spacial score (nSPS) is 16.0. The first kappa shape index (κ1) is 23.6. The van der Waals surface area contributed by atoms with Crippen LogP contribution >= 0.6 is 15.9 Å². The Morgan fingerprint density at radius 2 is 1.87 bits per heavy atom. The quantitative estimate of drug-likeness (QED) is 0.577. The third-order valence-electron chi connectivity index (χ3n) is 5.49. The van der Waals surface area contributed by atoms with Gasteiger partial charge >= 0.3 is 0 Å². The average molecular weight is 490 g/mol. The summed E-state index contributed by atoms with van der Waals surface area (Å²) in [5.74, 6) is 1.03. The Morgan fingerprint density at radius 3 is 2.52 bits per heavy atom. The van der Waals surface area contributed by atoms with Crippen molar-refractivity contribution in [3.63, 3.8) is 0 Å². The van der Waals surface area contributed by atoms with E-state index in [0.717, 1.165) is 44.7 Å². The van der Waals surface area contributed by atoms with Gasteiger partial charge in [-0.05, 0) is 47.1 Å². The molecule has 1 heterocycles. The Labute approximate surface area is 193 Å². The van der Waals surface area contributed by atoms with Gasteiger partial charge in [0.15, 0.2) is 11.5 Å². The van der Waals surface area contributed by atoms with Gasteiger partial charge in [0.2, 0.25) is 0 Å². The van der Waals surface area contributed by atoms with Crippen molar-refractivity contribution in [1.82, 2.24) is 15.1 Å². The number of nitrogens with one attached hydrogen (secondary N) is 1. The number of methoxy groups -OCH3 is 1. The third kappa shape index (κ3) is 6.45. The van der Waals surface area contributed by atoms with E-state index in [1.807, 2.05) is 25.1 Å². The molecule has 0 radical (unpaired) electrons. The van der Waals surface area contributed by atoms with Crippen LogP contribution in [0, 0.1) is 0 Å². The lowest BCUT2D eigenvalue weighted by atomic mass is 10.0. The molecule has 1 N–H and O–H groups in total. The lowest BCUT2D eigenvalue weighted by Gasteiger charge is -2.35. The first-order valence-corrected chi connectivity index (χ1v) is 11.6. The summed E-state index contributed by atoms with van der Waals surface area (Å²) in [5, 5.41) is 3.24. The summed E-state index contributed by atoms with van der Waals surface area (Å²) in [6, 6.07) is 13.6. The van der Waals surface area contributed by atoms with Crippen molar-refractivity contribution in [2.75, 3.05) is 53.5 Å². The maximum Gasteiger partial charge on any atom is 0.251 e. The zero-order valence-electron chi connectivity index (χ0n) is 18.6. The number of piperazine rings is 1. The molecule has 1 fully saturated rings. The van der Waals surface area contributed by atoms with Gasteiger partial charge in [0.1, 0.15) is 0 Å². The van der Waals surface area contributed by atoms with Crippen molar-refractivity contribution in [2.24, 2.45) is 0 Å². The molecule has 6 nitrogen and oxygen atoms in total. The van der Waals surface area contributed by atoms with Crippen LogP contribution in [0.5, 0.6) is 11.5 Å². The van der Waals surface area contributed by atoms with E-state index < -0.39 is 0 Å². The van der Waals surface area contributed by atoms with E-state index in [1.54, 1.807) is 19.2 Å². The Morgan fingerprint density at radius 1 is 1.16 bits per heavy atom. The van der Waals surface area contributed by atoms with Gasteiger partial charge in [0.25, 0.3) is 5.91 Å². The highest BCUT2D eigenvalue weighted by atomic mass is 79.9. The first-order valence-electron chi connectivity index (χ1n) is 10.8. The Bertz CT molecular complexity index is 855. The highest BCUT2D eigenvalue weighted by Gasteiger charge is 2.23. The van der Waals surface area contributed by atoms with Crippen LogP contribution in [0.4, 0.5) is 0 Å². The molecule has 0 bridgehead atoms. The molecule has 0 aliphatic carbocycles. The van der Waals surface area contributed by atoms with Crippen LogP contribution in [-0.4, -0.2) is 69.2 Å². The number of halogens is 1. The molecule has 1 aliphatic heterocycles. The summed E-state index contributed by atoms with van der Waals surface area (Å²) >= 11 is 3.54. The molecule has 0 saturated carbocycles. The minimum atomic E-state index is -0.135. The van der Waals surface area contributed by atoms with Gasteiger partial charge < -0.3 is 19.7 Å². The number of amides is 1. The number of hydrogen-bond donors (Lipinski definition) is 1. The molecule has 1 atom stereocenters. The lowest BCUT2D eigenvalue weighted by Crippen LogP contribution is -2.47.